The van der Waals surface area contributed by atoms with Crippen LogP contribution in [0.1, 0.15) is 24.0 Å². The minimum atomic E-state index is 0.124. The lowest BCUT2D eigenvalue weighted by atomic mass is 10.0. The molecule has 0 aromatic heterocycles. The summed E-state index contributed by atoms with van der Waals surface area (Å²) >= 11 is 0. The van der Waals surface area contributed by atoms with E-state index in [0.717, 1.165) is 42.8 Å². The molecule has 1 aromatic rings. The van der Waals surface area contributed by atoms with Gasteiger partial charge in [-0.15, -0.1) is 5.76 Å². The van der Waals surface area contributed by atoms with E-state index in [4.69, 9.17) is 0 Å². The summed E-state index contributed by atoms with van der Waals surface area (Å²) in [5.41, 5.74) is 2.98. The van der Waals surface area contributed by atoms with E-state index in [9.17, 15) is 5.11 Å². The molecule has 0 atom stereocenters. The van der Waals surface area contributed by atoms with Crippen LogP contribution in [0.3, 0.4) is 0 Å². The van der Waals surface area contributed by atoms with E-state index in [2.05, 4.69) is 10.9 Å². The fourth-order valence-corrected chi connectivity index (χ4v) is 2.74. The Kier molecular flexibility index (Phi) is 2.71. The Morgan fingerprint density at radius 1 is 1.28 bits per heavy atom. The summed E-state index contributed by atoms with van der Waals surface area (Å²) in [6, 6.07) is 7.84. The maximum absolute atomic E-state index is 12.0. The molecule has 0 N–H and O–H groups in total. The van der Waals surface area contributed by atoms with Crippen LogP contribution in [-0.4, -0.2) is 13.2 Å². The average Bonchev–Trinajstić information content (AvgIpc) is 2.96. The third kappa shape index (κ3) is 1.65. The molecule has 2 nitrogen and oxygen atoms in total. The van der Waals surface area contributed by atoms with Gasteiger partial charge in [-0.25, -0.2) is 0 Å². The van der Waals surface area contributed by atoms with Gasteiger partial charge in [0.15, 0.2) is 13.2 Å². The molecule has 0 spiro atoms. The number of allylic oxidation sites excluding steroid dienone is 3. The van der Waals surface area contributed by atoms with Gasteiger partial charge in [0.05, 0.1) is 12.0 Å². The van der Waals surface area contributed by atoms with Crippen LogP contribution < -0.4 is 5.11 Å². The molecule has 92 valence electrons. The first-order chi connectivity index (χ1) is 8.81. The van der Waals surface area contributed by atoms with Gasteiger partial charge in [-0.2, -0.15) is 0 Å². The molecule has 1 heterocycles. The Hall–Kier alpha value is -1.96. The van der Waals surface area contributed by atoms with Gasteiger partial charge < -0.3 is 9.47 Å². The summed E-state index contributed by atoms with van der Waals surface area (Å²) in [6.45, 7) is 5.54. The molecule has 0 amide bonds. The zero-order valence-corrected chi connectivity index (χ0v) is 10.3. The maximum Gasteiger partial charge on any atom is 0.238 e. The van der Waals surface area contributed by atoms with Crippen molar-refractivity contribution in [1.29, 1.82) is 0 Å². The van der Waals surface area contributed by atoms with Gasteiger partial charge in [-0.05, 0) is 17.2 Å². The monoisotopic (exact) mass is 240 g/mol. The second-order valence-electron chi connectivity index (χ2n) is 4.65. The van der Waals surface area contributed by atoms with Crippen molar-refractivity contribution in [3.05, 3.63) is 59.9 Å². The van der Waals surface area contributed by atoms with Crippen molar-refractivity contribution in [1.82, 2.24) is 0 Å². The van der Waals surface area contributed by atoms with Crippen LogP contribution in [0.2, 0.25) is 0 Å². The van der Waals surface area contributed by atoms with Crippen molar-refractivity contribution >= 4 is 11.3 Å². The number of hydrogen-bond acceptors (Lipinski definition) is 1. The Morgan fingerprint density at radius 3 is 2.83 bits per heavy atom. The van der Waals surface area contributed by atoms with Gasteiger partial charge in [0.2, 0.25) is 5.76 Å². The summed E-state index contributed by atoms with van der Waals surface area (Å²) in [4.78, 5) is 0. The van der Waals surface area contributed by atoms with Gasteiger partial charge in [-0.1, -0.05) is 36.9 Å². The molecular formula is C16H16O2. The summed E-state index contributed by atoms with van der Waals surface area (Å²) in [7, 11) is 0. The molecule has 0 bridgehead atoms. The first-order valence-electron chi connectivity index (χ1n) is 6.31. The zero-order valence-electron chi connectivity index (χ0n) is 10.3. The van der Waals surface area contributed by atoms with Gasteiger partial charge in [0, 0.05) is 6.42 Å². The Morgan fingerprint density at radius 2 is 2.06 bits per heavy atom. The second kappa shape index (κ2) is 4.37. The smallest absolute Gasteiger partial charge is 0.238 e. The standard InChI is InChI=1S/C16H16O2/c1-2-9-18-10-5-8-16(18)14-11-15(17)13-7-4-3-6-12(13)14/h2-4,6-7,11H,1,5,8-10H2/b16-14+. The number of fused-ring (bicyclic) bond motifs is 1. The number of benzene rings is 1. The van der Waals surface area contributed by atoms with Gasteiger partial charge in [-0.3, -0.25) is 0 Å². The van der Waals surface area contributed by atoms with E-state index >= 15 is 0 Å². The summed E-state index contributed by atoms with van der Waals surface area (Å²) in [5.74, 6) is 1.34. The average molecular weight is 240 g/mol. The van der Waals surface area contributed by atoms with Crippen LogP contribution in [0, 0.1) is 0 Å². The second-order valence-corrected chi connectivity index (χ2v) is 4.65. The highest BCUT2D eigenvalue weighted by Gasteiger charge is 2.29. The molecule has 18 heavy (non-hydrogen) atoms. The van der Waals surface area contributed by atoms with Crippen molar-refractivity contribution in [2.24, 2.45) is 0 Å². The summed E-state index contributed by atoms with van der Waals surface area (Å²) in [5, 5.41) is 12.0. The quantitative estimate of drug-likeness (QED) is 0.576. The predicted molar refractivity (Wildman–Crippen MR) is 71.6 cm³/mol. The van der Waals surface area contributed by atoms with Crippen LogP contribution in [0.25, 0.3) is 11.3 Å². The Bertz CT molecular complexity index is 552. The molecule has 1 fully saturated rings. The minimum absolute atomic E-state index is 0.124. The van der Waals surface area contributed by atoms with Crippen molar-refractivity contribution in [2.75, 3.05) is 13.2 Å². The molecule has 0 saturated carbocycles. The van der Waals surface area contributed by atoms with Gasteiger partial charge >= 0.3 is 0 Å². The topological polar surface area (TPSA) is 25.8 Å². The molecule has 1 aliphatic heterocycles. The van der Waals surface area contributed by atoms with Crippen molar-refractivity contribution < 1.29 is 9.47 Å². The van der Waals surface area contributed by atoms with Crippen LogP contribution >= 0.6 is 0 Å². The predicted octanol–water partition coefficient (Wildman–Crippen LogP) is 2.64. The van der Waals surface area contributed by atoms with E-state index in [1.54, 1.807) is 6.08 Å². The van der Waals surface area contributed by atoms with Crippen molar-refractivity contribution in [3.8, 4) is 0 Å². The Labute approximate surface area is 107 Å². The lowest BCUT2D eigenvalue weighted by Gasteiger charge is -2.19. The van der Waals surface area contributed by atoms with Crippen LogP contribution in [-0.2, 0) is 4.37 Å². The highest BCUT2D eigenvalue weighted by Crippen LogP contribution is 2.40. The number of hydrogen-bond donors (Lipinski definition) is 0. The molecule has 2 aliphatic rings. The Balaban J connectivity index is 2.10. The molecule has 1 saturated heterocycles. The van der Waals surface area contributed by atoms with Crippen molar-refractivity contribution in [3.63, 3.8) is 0 Å². The highest BCUT2D eigenvalue weighted by molar-refractivity contribution is 5.93. The largest absolute Gasteiger partial charge is 0.872 e. The SMILES string of the molecule is C=CC[O+]1CCC/C1=C1/C=C([O-])c2ccccc21. The summed E-state index contributed by atoms with van der Waals surface area (Å²) < 4.78 is 3.20. The maximum atomic E-state index is 12.0. The van der Waals surface area contributed by atoms with Gasteiger partial charge in [0.1, 0.15) is 0 Å². The molecule has 1 aromatic carbocycles. The van der Waals surface area contributed by atoms with Gasteiger partial charge in [0.25, 0.3) is 0 Å². The fourth-order valence-electron chi connectivity index (χ4n) is 2.74. The van der Waals surface area contributed by atoms with E-state index in [1.807, 2.05) is 30.3 Å². The first-order valence-corrected chi connectivity index (χ1v) is 6.31. The third-order valence-electron chi connectivity index (χ3n) is 3.52. The van der Waals surface area contributed by atoms with E-state index in [1.165, 1.54) is 5.76 Å². The molecule has 0 unspecified atom stereocenters. The highest BCUT2D eigenvalue weighted by atomic mass is 16.7. The first kappa shape index (κ1) is 11.1. The fraction of sp³-hybridized carbons (Fsp3) is 0.250. The number of rotatable bonds is 2. The third-order valence-corrected chi connectivity index (χ3v) is 3.52. The molecule has 2 heteroatoms. The molecular weight excluding hydrogens is 224 g/mol. The zero-order chi connectivity index (χ0) is 12.5. The van der Waals surface area contributed by atoms with Crippen LogP contribution in [0.15, 0.2) is 48.8 Å². The normalized spacial score (nSPS) is 22.0. The van der Waals surface area contributed by atoms with Crippen molar-refractivity contribution in [2.45, 2.75) is 12.8 Å². The van der Waals surface area contributed by atoms with E-state index in [0.29, 0.717) is 0 Å². The minimum Gasteiger partial charge on any atom is -0.872 e. The molecule has 0 radical (unpaired) electrons. The van der Waals surface area contributed by atoms with Crippen LogP contribution in [0.4, 0.5) is 0 Å². The molecule has 3 rings (SSSR count). The lowest BCUT2D eigenvalue weighted by Crippen LogP contribution is -2.08. The molecule has 1 aliphatic carbocycles. The van der Waals surface area contributed by atoms with E-state index in [-0.39, 0.29) is 5.76 Å². The van der Waals surface area contributed by atoms with Crippen LogP contribution in [0.5, 0.6) is 0 Å². The lowest BCUT2D eigenvalue weighted by molar-refractivity contribution is -0.243. The van der Waals surface area contributed by atoms with E-state index < -0.39 is 0 Å². The summed E-state index contributed by atoms with van der Waals surface area (Å²) in [6.07, 6.45) is 5.81.